The Morgan fingerprint density at radius 1 is 1.29 bits per heavy atom. The number of hydrogen-bond acceptors (Lipinski definition) is 4. The number of amides is 1. The van der Waals surface area contributed by atoms with Gasteiger partial charge in [-0.15, -0.1) is 11.3 Å². The summed E-state index contributed by atoms with van der Waals surface area (Å²) in [5.74, 6) is 0.725. The lowest BCUT2D eigenvalue weighted by Crippen LogP contribution is -2.23. The van der Waals surface area contributed by atoms with Crippen molar-refractivity contribution in [3.05, 3.63) is 17.0 Å². The van der Waals surface area contributed by atoms with E-state index in [-0.39, 0.29) is 10.1 Å². The van der Waals surface area contributed by atoms with E-state index in [0.717, 1.165) is 22.6 Å². The number of halogens is 1. The molecular weight excluding hydrogens is 330 g/mol. The fourth-order valence-electron chi connectivity index (χ4n) is 2.67. The molecule has 0 bridgehead atoms. The maximum Gasteiger partial charge on any atom is 0.270 e. The van der Waals surface area contributed by atoms with Crippen LogP contribution in [0.1, 0.15) is 49.8 Å². The van der Waals surface area contributed by atoms with Crippen LogP contribution < -0.4 is 5.32 Å². The van der Waals surface area contributed by atoms with Gasteiger partial charge in [0.15, 0.2) is 0 Å². The van der Waals surface area contributed by atoms with Crippen LogP contribution in [0.2, 0.25) is 0 Å². The SMILES string of the molecule is O=C(CCC1CCCCC1)NCc1ccc(S(=O)(=O)Cl)s1. The Balaban J connectivity index is 1.72. The molecule has 0 atom stereocenters. The number of nitrogens with one attached hydrogen (secondary N) is 1. The van der Waals surface area contributed by atoms with Crippen molar-refractivity contribution in [1.29, 1.82) is 0 Å². The molecule has 1 N–H and O–H groups in total. The van der Waals surface area contributed by atoms with Crippen molar-refractivity contribution in [2.45, 2.75) is 55.7 Å². The average molecular weight is 350 g/mol. The Hall–Kier alpha value is -0.590. The lowest BCUT2D eigenvalue weighted by molar-refractivity contribution is -0.121. The zero-order valence-corrected chi connectivity index (χ0v) is 14.2. The van der Waals surface area contributed by atoms with Crippen molar-refractivity contribution in [3.63, 3.8) is 0 Å². The molecule has 0 saturated heterocycles. The second-order valence-electron chi connectivity index (χ2n) is 5.48. The van der Waals surface area contributed by atoms with Gasteiger partial charge in [-0.1, -0.05) is 32.1 Å². The monoisotopic (exact) mass is 349 g/mol. The van der Waals surface area contributed by atoms with Crippen molar-refractivity contribution in [2.24, 2.45) is 5.92 Å². The average Bonchev–Trinajstić information content (AvgIpc) is 2.93. The van der Waals surface area contributed by atoms with Gasteiger partial charge in [0, 0.05) is 22.0 Å². The van der Waals surface area contributed by atoms with E-state index in [4.69, 9.17) is 10.7 Å². The van der Waals surface area contributed by atoms with Gasteiger partial charge in [0.2, 0.25) is 5.91 Å². The Kier molecular flexibility index (Phi) is 6.08. The van der Waals surface area contributed by atoms with Crippen LogP contribution in [0.4, 0.5) is 0 Å². The van der Waals surface area contributed by atoms with E-state index in [0.29, 0.717) is 18.9 Å². The first kappa shape index (κ1) is 16.8. The van der Waals surface area contributed by atoms with Gasteiger partial charge >= 0.3 is 0 Å². The second-order valence-corrected chi connectivity index (χ2v) is 9.44. The zero-order valence-electron chi connectivity index (χ0n) is 11.8. The predicted molar refractivity (Wildman–Crippen MR) is 85.0 cm³/mol. The van der Waals surface area contributed by atoms with Gasteiger partial charge in [0.05, 0.1) is 6.54 Å². The maximum atomic E-state index is 11.8. The summed E-state index contributed by atoms with van der Waals surface area (Å²) in [6.07, 6.45) is 7.90. The highest BCUT2D eigenvalue weighted by Crippen LogP contribution is 2.27. The van der Waals surface area contributed by atoms with E-state index in [1.54, 1.807) is 6.07 Å². The van der Waals surface area contributed by atoms with Gasteiger partial charge in [-0.2, -0.15) is 0 Å². The van der Waals surface area contributed by atoms with Crippen molar-refractivity contribution in [2.75, 3.05) is 0 Å². The van der Waals surface area contributed by atoms with E-state index in [2.05, 4.69) is 5.32 Å². The minimum atomic E-state index is -3.67. The second kappa shape index (κ2) is 7.61. The van der Waals surface area contributed by atoms with Crippen LogP contribution in [0, 0.1) is 5.92 Å². The zero-order chi connectivity index (χ0) is 15.3. The summed E-state index contributed by atoms with van der Waals surface area (Å²) in [5, 5.41) is 2.84. The standard InChI is InChI=1S/C14H20ClNO3S2/c15-21(18,19)14-9-7-12(20-14)10-16-13(17)8-6-11-4-2-1-3-5-11/h7,9,11H,1-6,8,10H2,(H,16,17). The van der Waals surface area contributed by atoms with Crippen LogP contribution in [0.25, 0.3) is 0 Å². The fourth-order valence-corrected chi connectivity index (χ4v) is 4.73. The van der Waals surface area contributed by atoms with Gasteiger partial charge in [-0.3, -0.25) is 4.79 Å². The Morgan fingerprint density at radius 2 is 2.00 bits per heavy atom. The van der Waals surface area contributed by atoms with Crippen LogP contribution in [-0.2, 0) is 20.4 Å². The summed E-state index contributed by atoms with van der Waals surface area (Å²) in [6, 6.07) is 3.15. The minimum Gasteiger partial charge on any atom is -0.351 e. The maximum absolute atomic E-state index is 11.8. The Morgan fingerprint density at radius 3 is 2.62 bits per heavy atom. The summed E-state index contributed by atoms with van der Waals surface area (Å²) < 4.78 is 22.4. The highest BCUT2D eigenvalue weighted by atomic mass is 35.7. The Labute approximate surface area is 134 Å². The van der Waals surface area contributed by atoms with Gasteiger partial charge in [0.1, 0.15) is 4.21 Å². The van der Waals surface area contributed by atoms with E-state index in [9.17, 15) is 13.2 Å². The number of carbonyl (C=O) groups is 1. The first-order valence-electron chi connectivity index (χ1n) is 7.25. The van der Waals surface area contributed by atoms with E-state index < -0.39 is 9.05 Å². The summed E-state index contributed by atoms with van der Waals surface area (Å²) in [5.41, 5.74) is 0. The summed E-state index contributed by atoms with van der Waals surface area (Å²) in [4.78, 5) is 12.6. The molecule has 1 aliphatic carbocycles. The third-order valence-corrected chi connectivity index (χ3v) is 7.02. The van der Waals surface area contributed by atoms with Crippen molar-refractivity contribution in [1.82, 2.24) is 5.32 Å². The third kappa shape index (κ3) is 5.60. The first-order chi connectivity index (χ1) is 9.95. The van der Waals surface area contributed by atoms with Crippen LogP contribution >= 0.6 is 22.0 Å². The van der Waals surface area contributed by atoms with Gasteiger partial charge < -0.3 is 5.32 Å². The first-order valence-corrected chi connectivity index (χ1v) is 10.4. The molecule has 0 radical (unpaired) electrons. The molecule has 7 heteroatoms. The molecule has 2 rings (SSSR count). The van der Waals surface area contributed by atoms with Gasteiger partial charge in [0.25, 0.3) is 9.05 Å². The number of thiophene rings is 1. The van der Waals surface area contributed by atoms with E-state index >= 15 is 0 Å². The molecule has 1 saturated carbocycles. The van der Waals surface area contributed by atoms with Crippen LogP contribution in [0.15, 0.2) is 16.3 Å². The molecule has 1 aliphatic rings. The quantitative estimate of drug-likeness (QED) is 0.797. The van der Waals surface area contributed by atoms with Crippen LogP contribution in [0.5, 0.6) is 0 Å². The normalized spacial score (nSPS) is 16.8. The molecule has 1 aromatic rings. The molecule has 0 aromatic carbocycles. The summed E-state index contributed by atoms with van der Waals surface area (Å²) >= 11 is 1.09. The molecule has 118 valence electrons. The number of carbonyl (C=O) groups excluding carboxylic acids is 1. The Bertz CT molecular complexity index is 577. The third-order valence-electron chi connectivity index (χ3n) is 3.84. The van der Waals surface area contributed by atoms with Crippen molar-refractivity contribution < 1.29 is 13.2 Å². The summed E-state index contributed by atoms with van der Waals surface area (Å²) in [6.45, 7) is 0.362. The molecule has 0 spiro atoms. The van der Waals surface area contributed by atoms with Crippen LogP contribution in [-0.4, -0.2) is 14.3 Å². The van der Waals surface area contributed by atoms with Crippen LogP contribution in [0.3, 0.4) is 0 Å². The molecule has 21 heavy (non-hydrogen) atoms. The molecule has 0 aliphatic heterocycles. The van der Waals surface area contributed by atoms with Crippen molar-refractivity contribution in [3.8, 4) is 0 Å². The van der Waals surface area contributed by atoms with Crippen molar-refractivity contribution >= 4 is 37.0 Å². The minimum absolute atomic E-state index is 0.0317. The molecular formula is C14H20ClNO3S2. The fraction of sp³-hybridized carbons (Fsp3) is 0.643. The lowest BCUT2D eigenvalue weighted by Gasteiger charge is -2.20. The van der Waals surface area contributed by atoms with Gasteiger partial charge in [-0.25, -0.2) is 8.42 Å². The molecule has 4 nitrogen and oxygen atoms in total. The van der Waals surface area contributed by atoms with Gasteiger partial charge in [-0.05, 0) is 24.5 Å². The van der Waals surface area contributed by atoms with E-state index in [1.807, 2.05) is 0 Å². The molecule has 1 heterocycles. The lowest BCUT2D eigenvalue weighted by atomic mass is 9.86. The summed E-state index contributed by atoms with van der Waals surface area (Å²) in [7, 11) is 1.60. The smallest absolute Gasteiger partial charge is 0.270 e. The molecule has 1 amide bonds. The number of rotatable bonds is 6. The highest BCUT2D eigenvalue weighted by molar-refractivity contribution is 8.15. The largest absolute Gasteiger partial charge is 0.351 e. The highest BCUT2D eigenvalue weighted by Gasteiger charge is 2.16. The van der Waals surface area contributed by atoms with E-state index in [1.165, 1.54) is 38.2 Å². The number of hydrogen-bond donors (Lipinski definition) is 1. The topological polar surface area (TPSA) is 63.2 Å². The molecule has 0 unspecified atom stereocenters. The molecule has 1 aromatic heterocycles. The predicted octanol–water partition coefficient (Wildman–Crippen LogP) is 3.65. The molecule has 1 fully saturated rings.